The van der Waals surface area contributed by atoms with Gasteiger partial charge in [0.15, 0.2) is 5.13 Å². The van der Waals surface area contributed by atoms with Crippen LogP contribution in [0, 0.1) is 6.92 Å². The number of ether oxygens (including phenoxy) is 1. The van der Waals surface area contributed by atoms with Gasteiger partial charge in [-0.25, -0.2) is 4.98 Å². The van der Waals surface area contributed by atoms with Crippen molar-refractivity contribution in [1.29, 1.82) is 0 Å². The highest BCUT2D eigenvalue weighted by atomic mass is 35.5. The maximum absolute atomic E-state index is 13.2. The minimum Gasteiger partial charge on any atom is -0.379 e. The van der Waals surface area contributed by atoms with Crippen LogP contribution in [0.1, 0.15) is 16.9 Å². The molecule has 5 nitrogen and oxygen atoms in total. The molecule has 8 heteroatoms. The Morgan fingerprint density at radius 1 is 1.24 bits per heavy atom. The normalized spacial score (nSPS) is 15.1. The van der Waals surface area contributed by atoms with E-state index >= 15 is 0 Å². The Labute approximate surface area is 183 Å². The van der Waals surface area contributed by atoms with Gasteiger partial charge in [0.25, 0.3) is 0 Å². The third kappa shape index (κ3) is 5.35. The van der Waals surface area contributed by atoms with E-state index in [9.17, 15) is 4.79 Å². The van der Waals surface area contributed by atoms with Crippen LogP contribution >= 0.6 is 34.3 Å². The summed E-state index contributed by atoms with van der Waals surface area (Å²) in [6.07, 6.45) is 1.26. The smallest absolute Gasteiger partial charge is 0.234 e. The molecule has 29 heavy (non-hydrogen) atoms. The number of benzene rings is 1. The summed E-state index contributed by atoms with van der Waals surface area (Å²) in [4.78, 5) is 23.2. The molecule has 154 valence electrons. The van der Waals surface area contributed by atoms with Gasteiger partial charge in [-0.1, -0.05) is 29.0 Å². The fourth-order valence-electron chi connectivity index (χ4n) is 3.43. The number of nitrogens with zero attached hydrogens (tertiary/aromatic N) is 3. The maximum atomic E-state index is 13.2. The SMILES string of the molecule is Cc1ccc2nc(N(CCCN3CCOCC3)C(=O)Cc3ccc(Cl)s3)sc2c1. The lowest BCUT2D eigenvalue weighted by Gasteiger charge is -2.27. The zero-order valence-electron chi connectivity index (χ0n) is 16.4. The van der Waals surface area contributed by atoms with Gasteiger partial charge in [-0.05, 0) is 43.2 Å². The highest BCUT2D eigenvalue weighted by Crippen LogP contribution is 2.31. The van der Waals surface area contributed by atoms with E-state index in [1.54, 1.807) is 11.3 Å². The molecule has 0 spiro atoms. The van der Waals surface area contributed by atoms with Crippen LogP contribution in [0.25, 0.3) is 10.2 Å². The van der Waals surface area contributed by atoms with E-state index in [1.807, 2.05) is 23.1 Å². The predicted molar refractivity (Wildman–Crippen MR) is 122 cm³/mol. The molecule has 1 aromatic carbocycles. The number of fused-ring (bicyclic) bond motifs is 1. The Hall–Kier alpha value is -1.51. The zero-order valence-corrected chi connectivity index (χ0v) is 18.8. The summed E-state index contributed by atoms with van der Waals surface area (Å²) in [5, 5.41) is 0.778. The molecule has 1 amide bonds. The van der Waals surface area contributed by atoms with Gasteiger partial charge in [-0.15, -0.1) is 11.3 Å². The molecular formula is C21H24ClN3O2S2. The number of hydrogen-bond donors (Lipinski definition) is 0. The molecule has 3 heterocycles. The largest absolute Gasteiger partial charge is 0.379 e. The fourth-order valence-corrected chi connectivity index (χ4v) is 5.62. The van der Waals surface area contributed by atoms with Crippen LogP contribution in [0.3, 0.4) is 0 Å². The monoisotopic (exact) mass is 449 g/mol. The van der Waals surface area contributed by atoms with E-state index in [4.69, 9.17) is 21.3 Å². The van der Waals surface area contributed by atoms with Crippen LogP contribution in [0.5, 0.6) is 0 Å². The number of morpholine rings is 1. The lowest BCUT2D eigenvalue weighted by atomic mass is 10.2. The van der Waals surface area contributed by atoms with E-state index in [0.717, 1.165) is 59.5 Å². The van der Waals surface area contributed by atoms with Crippen molar-refractivity contribution in [2.24, 2.45) is 0 Å². The molecule has 0 unspecified atom stereocenters. The van der Waals surface area contributed by atoms with Gasteiger partial charge in [0.05, 0.1) is 34.2 Å². The van der Waals surface area contributed by atoms with Crippen molar-refractivity contribution in [3.05, 3.63) is 45.1 Å². The second kappa shape index (κ2) is 9.53. The van der Waals surface area contributed by atoms with Crippen LogP contribution in [-0.2, 0) is 16.0 Å². The van der Waals surface area contributed by atoms with E-state index < -0.39 is 0 Å². The van der Waals surface area contributed by atoms with Gasteiger partial charge in [0.1, 0.15) is 0 Å². The summed E-state index contributed by atoms with van der Waals surface area (Å²) >= 11 is 9.09. The second-order valence-corrected chi connectivity index (χ2v) is 10.0. The molecule has 1 saturated heterocycles. The summed E-state index contributed by atoms with van der Waals surface area (Å²) in [5.74, 6) is 0.0706. The van der Waals surface area contributed by atoms with Crippen molar-refractivity contribution in [3.8, 4) is 0 Å². The van der Waals surface area contributed by atoms with Gasteiger partial charge < -0.3 is 4.74 Å². The molecule has 0 radical (unpaired) electrons. The Morgan fingerprint density at radius 2 is 2.07 bits per heavy atom. The lowest BCUT2D eigenvalue weighted by molar-refractivity contribution is -0.118. The minimum atomic E-state index is 0.0706. The highest BCUT2D eigenvalue weighted by Gasteiger charge is 2.21. The molecule has 1 aliphatic rings. The Balaban J connectivity index is 1.50. The van der Waals surface area contributed by atoms with Crippen LogP contribution in [0.15, 0.2) is 30.3 Å². The molecule has 0 bridgehead atoms. The first kappa shape index (κ1) is 20.8. The molecule has 1 aliphatic heterocycles. The van der Waals surface area contributed by atoms with Gasteiger partial charge in [-0.3, -0.25) is 14.6 Å². The van der Waals surface area contributed by atoms with E-state index in [2.05, 4.69) is 24.0 Å². The molecule has 0 atom stereocenters. The van der Waals surface area contributed by atoms with Crippen molar-refractivity contribution in [2.45, 2.75) is 19.8 Å². The van der Waals surface area contributed by atoms with Crippen LogP contribution in [0.2, 0.25) is 4.34 Å². The van der Waals surface area contributed by atoms with Crippen LogP contribution in [-0.4, -0.2) is 55.2 Å². The highest BCUT2D eigenvalue weighted by molar-refractivity contribution is 7.22. The summed E-state index contributed by atoms with van der Waals surface area (Å²) in [7, 11) is 0. The number of thiazole rings is 1. The summed E-state index contributed by atoms with van der Waals surface area (Å²) in [5.41, 5.74) is 2.15. The third-order valence-electron chi connectivity index (χ3n) is 4.98. The molecule has 0 saturated carbocycles. The van der Waals surface area contributed by atoms with Crippen molar-refractivity contribution < 1.29 is 9.53 Å². The number of carbonyl (C=O) groups is 1. The molecule has 4 rings (SSSR count). The first-order chi connectivity index (χ1) is 14.1. The number of hydrogen-bond acceptors (Lipinski definition) is 6. The molecule has 2 aromatic heterocycles. The third-order valence-corrected chi connectivity index (χ3v) is 7.25. The minimum absolute atomic E-state index is 0.0706. The molecule has 1 fully saturated rings. The summed E-state index contributed by atoms with van der Waals surface area (Å²) in [6.45, 7) is 7.20. The van der Waals surface area contributed by atoms with E-state index in [-0.39, 0.29) is 5.91 Å². The fraction of sp³-hybridized carbons (Fsp3) is 0.429. The van der Waals surface area contributed by atoms with Gasteiger partial charge >= 0.3 is 0 Å². The Morgan fingerprint density at radius 3 is 2.83 bits per heavy atom. The molecule has 0 aliphatic carbocycles. The predicted octanol–water partition coefficient (Wildman–Crippen LogP) is 4.62. The van der Waals surface area contributed by atoms with E-state index in [0.29, 0.717) is 17.3 Å². The van der Waals surface area contributed by atoms with Crippen molar-refractivity contribution >= 4 is 55.5 Å². The number of carbonyl (C=O) groups excluding carboxylic acids is 1. The number of thiophene rings is 1. The average molecular weight is 450 g/mol. The number of aromatic nitrogens is 1. The van der Waals surface area contributed by atoms with E-state index in [1.165, 1.54) is 16.9 Å². The number of aryl methyl sites for hydroxylation is 1. The average Bonchev–Trinajstić information content (AvgIpc) is 3.31. The second-order valence-electron chi connectivity index (χ2n) is 7.20. The van der Waals surface area contributed by atoms with Crippen molar-refractivity contribution in [2.75, 3.05) is 44.3 Å². The van der Waals surface area contributed by atoms with Crippen molar-refractivity contribution in [1.82, 2.24) is 9.88 Å². The Bertz CT molecular complexity index is 981. The lowest BCUT2D eigenvalue weighted by Crippen LogP contribution is -2.39. The zero-order chi connectivity index (χ0) is 20.2. The topological polar surface area (TPSA) is 45.7 Å². The van der Waals surface area contributed by atoms with Gasteiger partial charge in [-0.2, -0.15) is 0 Å². The number of rotatable bonds is 7. The summed E-state index contributed by atoms with van der Waals surface area (Å²) in [6, 6.07) is 9.99. The molecular weight excluding hydrogens is 426 g/mol. The van der Waals surface area contributed by atoms with Crippen molar-refractivity contribution in [3.63, 3.8) is 0 Å². The van der Waals surface area contributed by atoms with Crippen LogP contribution in [0.4, 0.5) is 5.13 Å². The number of anilines is 1. The van der Waals surface area contributed by atoms with Gasteiger partial charge in [0, 0.05) is 31.1 Å². The first-order valence-electron chi connectivity index (χ1n) is 9.80. The molecule has 3 aromatic rings. The standard InChI is InChI=1S/C21H24ClN3O2S2/c1-15-3-5-17-18(13-15)29-21(23-17)25(8-2-7-24-9-11-27-12-10-24)20(26)14-16-4-6-19(22)28-16/h3-6,13H,2,7-12,14H2,1H3. The quantitative estimate of drug-likeness (QED) is 0.528. The first-order valence-corrected chi connectivity index (χ1v) is 11.8. The van der Waals surface area contributed by atoms with Gasteiger partial charge in [0.2, 0.25) is 5.91 Å². The Kier molecular flexibility index (Phi) is 6.82. The summed E-state index contributed by atoms with van der Waals surface area (Å²) < 4.78 is 7.25. The molecule has 0 N–H and O–H groups in total. The van der Waals surface area contributed by atoms with Crippen LogP contribution < -0.4 is 4.90 Å². The number of halogens is 1. The number of amides is 1. The maximum Gasteiger partial charge on any atom is 0.234 e.